The molecule has 1 N–H and O–H groups in total. The molecule has 1 atom stereocenters. The Morgan fingerprint density at radius 1 is 0.935 bits per heavy atom. The number of carbonyl (C=O) groups excluding carboxylic acids is 3. The minimum atomic E-state index is -0.489. The first-order chi connectivity index (χ1) is 15.1. The number of furan rings is 1. The van der Waals surface area contributed by atoms with E-state index in [1.807, 2.05) is 30.3 Å². The van der Waals surface area contributed by atoms with Gasteiger partial charge in [0.25, 0.3) is 11.8 Å². The van der Waals surface area contributed by atoms with Crippen LogP contribution in [0.1, 0.15) is 51.0 Å². The highest BCUT2D eigenvalue weighted by Crippen LogP contribution is 2.45. The SMILES string of the molecule is O=C(CCCN1C(=O)c2ccccc2N2C(=O)c3ccccc3C12)NCc1ccco1. The highest BCUT2D eigenvalue weighted by Gasteiger charge is 2.47. The van der Waals surface area contributed by atoms with Crippen molar-refractivity contribution in [1.82, 2.24) is 10.2 Å². The standard InChI is InChI=1S/C24H21N3O4/c28-21(25-15-16-7-6-14-31-16)12-5-13-26-22-17-8-1-2-9-18(17)24(30)27(22)20-11-4-3-10-19(20)23(26)29/h1-4,6-11,14,22H,5,12-13,15H2,(H,25,28). The van der Waals surface area contributed by atoms with Gasteiger partial charge in [0.05, 0.1) is 24.1 Å². The summed E-state index contributed by atoms with van der Waals surface area (Å²) in [6.45, 7) is 0.699. The van der Waals surface area contributed by atoms with Gasteiger partial charge in [0.1, 0.15) is 11.9 Å². The number of rotatable bonds is 6. The number of fused-ring (bicyclic) bond motifs is 5. The van der Waals surface area contributed by atoms with Gasteiger partial charge in [0, 0.05) is 24.1 Å². The average molecular weight is 415 g/mol. The monoisotopic (exact) mass is 415 g/mol. The lowest BCUT2D eigenvalue weighted by atomic mass is 10.0. The van der Waals surface area contributed by atoms with Crippen molar-refractivity contribution in [2.24, 2.45) is 0 Å². The van der Waals surface area contributed by atoms with Crippen LogP contribution in [-0.2, 0) is 11.3 Å². The van der Waals surface area contributed by atoms with E-state index in [-0.39, 0.29) is 24.1 Å². The Kier molecular flexibility index (Phi) is 4.78. The van der Waals surface area contributed by atoms with Crippen molar-refractivity contribution >= 4 is 23.4 Å². The second-order valence-electron chi connectivity index (χ2n) is 7.61. The van der Waals surface area contributed by atoms with Crippen molar-refractivity contribution in [3.05, 3.63) is 89.4 Å². The molecule has 156 valence electrons. The number of hydrogen-bond acceptors (Lipinski definition) is 4. The molecule has 0 aliphatic carbocycles. The third-order valence-electron chi connectivity index (χ3n) is 5.73. The molecule has 7 nitrogen and oxygen atoms in total. The van der Waals surface area contributed by atoms with Crippen LogP contribution in [0.25, 0.3) is 0 Å². The van der Waals surface area contributed by atoms with Gasteiger partial charge in [-0.3, -0.25) is 19.3 Å². The third-order valence-corrected chi connectivity index (χ3v) is 5.73. The van der Waals surface area contributed by atoms with Crippen molar-refractivity contribution in [2.45, 2.75) is 25.6 Å². The van der Waals surface area contributed by atoms with Crippen molar-refractivity contribution in [2.75, 3.05) is 11.4 Å². The lowest BCUT2D eigenvalue weighted by Crippen LogP contribution is -2.48. The van der Waals surface area contributed by atoms with Gasteiger partial charge in [-0.05, 0) is 36.8 Å². The molecule has 3 heterocycles. The Labute approximate surface area is 179 Å². The van der Waals surface area contributed by atoms with Crippen molar-refractivity contribution in [3.63, 3.8) is 0 Å². The first-order valence-corrected chi connectivity index (χ1v) is 10.3. The summed E-state index contributed by atoms with van der Waals surface area (Å²) in [6, 6.07) is 18.1. The normalized spacial score (nSPS) is 16.7. The van der Waals surface area contributed by atoms with Gasteiger partial charge in [-0.15, -0.1) is 0 Å². The molecule has 5 rings (SSSR count). The Hall–Kier alpha value is -3.87. The number of hydrogen-bond donors (Lipinski definition) is 1. The summed E-state index contributed by atoms with van der Waals surface area (Å²) < 4.78 is 5.22. The maximum absolute atomic E-state index is 13.3. The zero-order chi connectivity index (χ0) is 21.4. The molecule has 1 aromatic heterocycles. The molecule has 2 aliphatic rings. The Balaban J connectivity index is 1.35. The Morgan fingerprint density at radius 2 is 1.71 bits per heavy atom. The smallest absolute Gasteiger partial charge is 0.260 e. The highest BCUT2D eigenvalue weighted by atomic mass is 16.3. The summed E-state index contributed by atoms with van der Waals surface area (Å²) in [6.07, 6.45) is 1.83. The van der Waals surface area contributed by atoms with Crippen LogP contribution in [0.5, 0.6) is 0 Å². The predicted octanol–water partition coefficient (Wildman–Crippen LogP) is 3.49. The minimum absolute atomic E-state index is 0.109. The zero-order valence-electron chi connectivity index (χ0n) is 16.8. The van der Waals surface area contributed by atoms with Crippen LogP contribution in [-0.4, -0.2) is 29.2 Å². The van der Waals surface area contributed by atoms with Gasteiger partial charge < -0.3 is 14.6 Å². The molecule has 0 bridgehead atoms. The minimum Gasteiger partial charge on any atom is -0.467 e. The van der Waals surface area contributed by atoms with E-state index in [0.717, 1.165) is 5.56 Å². The molecular weight excluding hydrogens is 394 g/mol. The Bertz CT molecular complexity index is 1160. The predicted molar refractivity (Wildman–Crippen MR) is 113 cm³/mol. The third kappa shape index (κ3) is 3.28. The van der Waals surface area contributed by atoms with E-state index in [4.69, 9.17) is 4.42 Å². The van der Waals surface area contributed by atoms with Crippen LogP contribution in [0.3, 0.4) is 0 Å². The van der Waals surface area contributed by atoms with Gasteiger partial charge in [0.15, 0.2) is 0 Å². The van der Waals surface area contributed by atoms with Crippen LogP contribution in [0.2, 0.25) is 0 Å². The maximum Gasteiger partial charge on any atom is 0.260 e. The summed E-state index contributed by atoms with van der Waals surface area (Å²) in [5.41, 5.74) is 2.56. The van der Waals surface area contributed by atoms with Gasteiger partial charge >= 0.3 is 0 Å². The van der Waals surface area contributed by atoms with E-state index < -0.39 is 6.17 Å². The van der Waals surface area contributed by atoms with Gasteiger partial charge in [-0.2, -0.15) is 0 Å². The second kappa shape index (κ2) is 7.75. The van der Waals surface area contributed by atoms with Crippen LogP contribution < -0.4 is 10.2 Å². The number of nitrogens with zero attached hydrogens (tertiary/aromatic N) is 2. The van der Waals surface area contributed by atoms with Gasteiger partial charge in [0.2, 0.25) is 5.91 Å². The van der Waals surface area contributed by atoms with Crippen molar-refractivity contribution in [1.29, 1.82) is 0 Å². The summed E-state index contributed by atoms with van der Waals surface area (Å²) in [5.74, 6) is 0.341. The summed E-state index contributed by atoms with van der Waals surface area (Å²) >= 11 is 0. The molecule has 0 saturated heterocycles. The fraction of sp³-hybridized carbons (Fsp3) is 0.208. The van der Waals surface area contributed by atoms with Gasteiger partial charge in [-0.1, -0.05) is 30.3 Å². The number of amides is 3. The summed E-state index contributed by atoms with van der Waals surface area (Å²) in [4.78, 5) is 42.1. The molecule has 0 spiro atoms. The molecule has 0 saturated carbocycles. The van der Waals surface area contributed by atoms with Crippen LogP contribution in [0, 0.1) is 0 Å². The van der Waals surface area contributed by atoms with Gasteiger partial charge in [-0.25, -0.2) is 0 Å². The fourth-order valence-electron chi connectivity index (χ4n) is 4.30. The number of anilines is 1. The zero-order valence-corrected chi connectivity index (χ0v) is 16.8. The molecule has 3 amide bonds. The highest BCUT2D eigenvalue weighted by molar-refractivity contribution is 6.16. The van der Waals surface area contributed by atoms with Crippen molar-refractivity contribution < 1.29 is 18.8 Å². The van der Waals surface area contributed by atoms with E-state index in [0.29, 0.717) is 42.1 Å². The van der Waals surface area contributed by atoms with Crippen LogP contribution in [0.15, 0.2) is 71.3 Å². The maximum atomic E-state index is 13.3. The topological polar surface area (TPSA) is 82.9 Å². The van der Waals surface area contributed by atoms with Crippen molar-refractivity contribution in [3.8, 4) is 0 Å². The second-order valence-corrected chi connectivity index (χ2v) is 7.61. The largest absolute Gasteiger partial charge is 0.467 e. The number of benzene rings is 2. The quantitative estimate of drug-likeness (QED) is 0.668. The molecule has 1 unspecified atom stereocenters. The molecule has 2 aliphatic heterocycles. The first kappa shape index (κ1) is 19.1. The number of nitrogens with one attached hydrogen (secondary N) is 1. The fourth-order valence-corrected chi connectivity index (χ4v) is 4.30. The molecule has 7 heteroatoms. The molecule has 3 aromatic rings. The lowest BCUT2D eigenvalue weighted by molar-refractivity contribution is -0.121. The van der Waals surface area contributed by atoms with Crippen LogP contribution in [0.4, 0.5) is 5.69 Å². The van der Waals surface area contributed by atoms with E-state index in [2.05, 4.69) is 5.32 Å². The molecule has 0 radical (unpaired) electrons. The summed E-state index contributed by atoms with van der Waals surface area (Å²) in [7, 11) is 0. The first-order valence-electron chi connectivity index (χ1n) is 10.3. The van der Waals surface area contributed by atoms with E-state index in [1.54, 1.807) is 46.4 Å². The number of carbonyl (C=O) groups is 3. The average Bonchev–Trinajstić information content (AvgIpc) is 3.42. The Morgan fingerprint density at radius 3 is 2.52 bits per heavy atom. The van der Waals surface area contributed by atoms with E-state index in [1.165, 1.54) is 0 Å². The molecule has 0 fully saturated rings. The lowest BCUT2D eigenvalue weighted by Gasteiger charge is -2.41. The molecular formula is C24H21N3O4. The van der Waals surface area contributed by atoms with Crippen LogP contribution >= 0.6 is 0 Å². The molecule has 31 heavy (non-hydrogen) atoms. The summed E-state index contributed by atoms with van der Waals surface area (Å²) in [5, 5.41) is 2.82. The van der Waals surface area contributed by atoms with E-state index >= 15 is 0 Å². The molecule has 2 aromatic carbocycles. The number of para-hydroxylation sites is 1. The van der Waals surface area contributed by atoms with E-state index in [9.17, 15) is 14.4 Å².